The first-order valence-corrected chi connectivity index (χ1v) is 10.1. The minimum absolute atomic E-state index is 0.162. The molecule has 26 heavy (non-hydrogen) atoms. The Morgan fingerprint density at radius 2 is 1.92 bits per heavy atom. The summed E-state index contributed by atoms with van der Waals surface area (Å²) < 4.78 is 11.7. The fourth-order valence-corrected chi connectivity index (χ4v) is 4.50. The summed E-state index contributed by atoms with van der Waals surface area (Å²) in [4.78, 5) is 15.3. The Morgan fingerprint density at radius 1 is 1.15 bits per heavy atom. The van der Waals surface area contributed by atoms with Crippen molar-refractivity contribution in [2.75, 3.05) is 32.8 Å². The number of hydrogen-bond acceptors (Lipinski definition) is 4. The van der Waals surface area contributed by atoms with Gasteiger partial charge in [-0.1, -0.05) is 12.1 Å². The number of nitrogens with zero attached hydrogens (tertiary/aromatic N) is 1. The molecule has 1 aromatic rings. The van der Waals surface area contributed by atoms with Crippen LogP contribution >= 0.6 is 0 Å². The molecule has 0 radical (unpaired) electrons. The maximum Gasteiger partial charge on any atom is 0.338 e. The lowest BCUT2D eigenvalue weighted by molar-refractivity contribution is -0.143. The van der Waals surface area contributed by atoms with Crippen molar-refractivity contribution < 1.29 is 14.3 Å². The summed E-state index contributed by atoms with van der Waals surface area (Å²) in [6, 6.07) is 6.14. The van der Waals surface area contributed by atoms with Crippen molar-refractivity contribution in [2.24, 2.45) is 11.3 Å². The van der Waals surface area contributed by atoms with Crippen molar-refractivity contribution >= 4 is 11.5 Å². The van der Waals surface area contributed by atoms with Gasteiger partial charge in [-0.2, -0.15) is 0 Å². The van der Waals surface area contributed by atoms with Crippen LogP contribution in [0.15, 0.2) is 24.3 Å². The summed E-state index contributed by atoms with van der Waals surface area (Å²) in [7, 11) is 0. The lowest BCUT2D eigenvalue weighted by Gasteiger charge is -2.47. The summed E-state index contributed by atoms with van der Waals surface area (Å²) in [5, 5.41) is 0. The number of ether oxygens (including phenoxy) is 2. The van der Waals surface area contributed by atoms with Gasteiger partial charge in [0.2, 0.25) is 0 Å². The second kappa shape index (κ2) is 6.41. The first-order valence-electron chi connectivity index (χ1n) is 10.1. The van der Waals surface area contributed by atoms with E-state index in [9.17, 15) is 4.79 Å². The number of hydrogen-bond donors (Lipinski definition) is 0. The van der Waals surface area contributed by atoms with Crippen molar-refractivity contribution in [3.8, 4) is 5.75 Å². The van der Waals surface area contributed by atoms with Crippen molar-refractivity contribution in [3.05, 3.63) is 35.4 Å². The van der Waals surface area contributed by atoms with Crippen molar-refractivity contribution in [1.29, 1.82) is 0 Å². The van der Waals surface area contributed by atoms with E-state index >= 15 is 0 Å². The maximum atomic E-state index is 12.8. The van der Waals surface area contributed by atoms with Crippen LogP contribution in [-0.4, -0.2) is 43.7 Å². The molecule has 2 bridgehead atoms. The molecule has 4 nitrogen and oxygen atoms in total. The molecule has 0 aromatic heterocycles. The summed E-state index contributed by atoms with van der Waals surface area (Å²) in [5.74, 6) is 1.43. The van der Waals surface area contributed by atoms with Crippen molar-refractivity contribution in [2.45, 2.75) is 38.5 Å². The molecule has 0 unspecified atom stereocenters. The van der Waals surface area contributed by atoms with Gasteiger partial charge in [0.15, 0.2) is 0 Å². The highest BCUT2D eigenvalue weighted by Crippen LogP contribution is 2.41. The average molecular weight is 353 g/mol. The summed E-state index contributed by atoms with van der Waals surface area (Å²) >= 11 is 0. The van der Waals surface area contributed by atoms with E-state index in [1.54, 1.807) is 0 Å². The summed E-state index contributed by atoms with van der Waals surface area (Å²) in [5.41, 5.74) is 3.14. The number of esters is 1. The van der Waals surface area contributed by atoms with Crippen LogP contribution in [0, 0.1) is 11.3 Å². The summed E-state index contributed by atoms with van der Waals surface area (Å²) in [6.45, 7) is 4.84. The molecule has 0 N–H and O–H groups in total. The third kappa shape index (κ3) is 3.16. The highest BCUT2D eigenvalue weighted by atomic mass is 16.5. The summed E-state index contributed by atoms with van der Waals surface area (Å²) in [6.07, 6.45) is 8.87. The van der Waals surface area contributed by atoms with Crippen molar-refractivity contribution in [3.63, 3.8) is 0 Å². The van der Waals surface area contributed by atoms with Crippen LogP contribution in [0.25, 0.3) is 5.57 Å². The second-order valence-electron chi connectivity index (χ2n) is 8.56. The van der Waals surface area contributed by atoms with Gasteiger partial charge in [-0.3, -0.25) is 0 Å². The van der Waals surface area contributed by atoms with E-state index in [2.05, 4.69) is 11.0 Å². The first kappa shape index (κ1) is 16.4. The van der Waals surface area contributed by atoms with Crippen LogP contribution in [0.4, 0.5) is 0 Å². The van der Waals surface area contributed by atoms with Crippen LogP contribution in [0.5, 0.6) is 5.75 Å². The van der Waals surface area contributed by atoms with E-state index in [0.717, 1.165) is 74.7 Å². The van der Waals surface area contributed by atoms with E-state index < -0.39 is 0 Å². The van der Waals surface area contributed by atoms with Gasteiger partial charge in [-0.15, -0.1) is 0 Å². The average Bonchev–Trinajstić information content (AvgIpc) is 3.43. The molecule has 5 aliphatic rings. The zero-order valence-corrected chi connectivity index (χ0v) is 15.3. The SMILES string of the molecule is O=C(OCC12CCN(CC1)CC2)C1=CCc2ccc(OCC3CC3)cc21. The molecule has 138 valence electrons. The number of rotatable bonds is 6. The van der Waals surface area contributed by atoms with Crippen LogP contribution in [0.2, 0.25) is 0 Å². The smallest absolute Gasteiger partial charge is 0.338 e. The Hall–Kier alpha value is -1.81. The Kier molecular flexibility index (Phi) is 4.04. The Labute approximate surface area is 155 Å². The van der Waals surface area contributed by atoms with Gasteiger partial charge >= 0.3 is 5.97 Å². The van der Waals surface area contributed by atoms with Crippen molar-refractivity contribution in [1.82, 2.24) is 4.90 Å². The first-order chi connectivity index (χ1) is 12.7. The molecule has 4 heteroatoms. The van der Waals surface area contributed by atoms with E-state index in [1.807, 2.05) is 18.2 Å². The topological polar surface area (TPSA) is 38.8 Å². The number of allylic oxidation sites excluding steroid dienone is 1. The zero-order valence-electron chi connectivity index (χ0n) is 15.3. The van der Waals surface area contributed by atoms with Crippen LogP contribution in [0.3, 0.4) is 0 Å². The number of carbonyl (C=O) groups excluding carboxylic acids is 1. The predicted octanol–water partition coefficient (Wildman–Crippen LogP) is 3.44. The fraction of sp³-hybridized carbons (Fsp3) is 0.591. The molecule has 1 saturated carbocycles. The Bertz CT molecular complexity index is 728. The number of benzene rings is 1. The molecule has 0 spiro atoms. The minimum atomic E-state index is -0.162. The van der Waals surface area contributed by atoms with Gasteiger partial charge in [0.05, 0.1) is 18.8 Å². The lowest BCUT2D eigenvalue weighted by Crippen LogP contribution is -2.50. The standard InChI is InChI=1S/C22H27NO3/c24-21(26-15-22-7-10-23(11-8-22)12-9-22)19-6-4-17-3-5-18(13-20(17)19)25-14-16-1-2-16/h3,5-6,13,16H,1-2,4,7-12,14-15H2. The van der Waals surface area contributed by atoms with Crippen LogP contribution < -0.4 is 4.74 Å². The molecule has 4 fully saturated rings. The van der Waals surface area contributed by atoms with Gasteiger partial charge in [0, 0.05) is 5.41 Å². The Morgan fingerprint density at radius 3 is 2.65 bits per heavy atom. The third-order valence-corrected chi connectivity index (χ3v) is 6.68. The third-order valence-electron chi connectivity index (χ3n) is 6.68. The molecule has 0 amide bonds. The largest absolute Gasteiger partial charge is 0.493 e. The monoisotopic (exact) mass is 353 g/mol. The van der Waals surface area contributed by atoms with E-state index in [0.29, 0.717) is 6.61 Å². The molecule has 3 aliphatic heterocycles. The molecule has 3 heterocycles. The normalized spacial score (nSPS) is 29.2. The second-order valence-corrected chi connectivity index (χ2v) is 8.56. The number of fused-ring (bicyclic) bond motifs is 4. The number of piperidine rings is 3. The predicted molar refractivity (Wildman–Crippen MR) is 100 cm³/mol. The minimum Gasteiger partial charge on any atom is -0.493 e. The highest BCUT2D eigenvalue weighted by Gasteiger charge is 2.40. The van der Waals surface area contributed by atoms with Gasteiger partial charge in [0.25, 0.3) is 0 Å². The molecular formula is C22H27NO3. The van der Waals surface area contributed by atoms with E-state index in [1.165, 1.54) is 18.4 Å². The van der Waals surface area contributed by atoms with E-state index in [-0.39, 0.29) is 11.4 Å². The quantitative estimate of drug-likeness (QED) is 0.735. The molecule has 3 saturated heterocycles. The molecule has 0 atom stereocenters. The highest BCUT2D eigenvalue weighted by molar-refractivity contribution is 6.18. The van der Waals surface area contributed by atoms with E-state index in [4.69, 9.17) is 9.47 Å². The molecule has 6 rings (SSSR count). The van der Waals surface area contributed by atoms with Gasteiger partial charge < -0.3 is 14.4 Å². The Balaban J connectivity index is 1.24. The van der Waals surface area contributed by atoms with Gasteiger partial charge in [-0.25, -0.2) is 4.79 Å². The number of carbonyl (C=O) groups is 1. The molecular weight excluding hydrogens is 326 g/mol. The lowest BCUT2D eigenvalue weighted by atomic mass is 9.73. The fourth-order valence-electron chi connectivity index (χ4n) is 4.50. The maximum absolute atomic E-state index is 12.8. The van der Waals surface area contributed by atoms with Gasteiger partial charge in [-0.05, 0) is 87.3 Å². The molecule has 1 aromatic carbocycles. The van der Waals surface area contributed by atoms with Crippen LogP contribution in [0.1, 0.15) is 43.2 Å². The van der Waals surface area contributed by atoms with Gasteiger partial charge in [0.1, 0.15) is 5.75 Å². The van der Waals surface area contributed by atoms with Crippen LogP contribution in [-0.2, 0) is 16.0 Å². The zero-order chi connectivity index (χ0) is 17.6. The molecule has 2 aliphatic carbocycles.